The summed E-state index contributed by atoms with van der Waals surface area (Å²) in [4.78, 5) is 36.4. The smallest absolute Gasteiger partial charge is 0.338 e. The fourth-order valence-electron chi connectivity index (χ4n) is 2.41. The SMILES string of the molecule is O=C(OCc1ccc(Cl)c(Cl)c1)c1ccc(CN2C(=O)CNC2=O)cc1. The molecule has 1 aliphatic heterocycles. The second kappa shape index (κ2) is 7.76. The first-order valence-corrected chi connectivity index (χ1v) is 8.48. The van der Waals surface area contributed by atoms with Crippen LogP contribution in [0.1, 0.15) is 21.5 Å². The lowest BCUT2D eigenvalue weighted by Gasteiger charge is -2.12. The summed E-state index contributed by atoms with van der Waals surface area (Å²) < 4.78 is 5.25. The number of nitrogens with zero attached hydrogens (tertiary/aromatic N) is 1. The summed E-state index contributed by atoms with van der Waals surface area (Å²) in [6, 6.07) is 11.1. The molecule has 1 N–H and O–H groups in total. The molecule has 3 rings (SSSR count). The van der Waals surface area contributed by atoms with Gasteiger partial charge in [-0.05, 0) is 35.4 Å². The molecule has 0 unspecified atom stereocenters. The molecule has 1 saturated heterocycles. The van der Waals surface area contributed by atoms with E-state index >= 15 is 0 Å². The van der Waals surface area contributed by atoms with E-state index in [0.717, 1.165) is 16.0 Å². The molecule has 0 saturated carbocycles. The molecule has 134 valence electrons. The largest absolute Gasteiger partial charge is 0.457 e. The summed E-state index contributed by atoms with van der Waals surface area (Å²) in [5.74, 6) is -0.766. The molecule has 6 nitrogen and oxygen atoms in total. The van der Waals surface area contributed by atoms with Crippen molar-refractivity contribution in [3.63, 3.8) is 0 Å². The van der Waals surface area contributed by atoms with Crippen LogP contribution in [0.25, 0.3) is 0 Å². The van der Waals surface area contributed by atoms with Crippen LogP contribution in [0.2, 0.25) is 10.0 Å². The van der Waals surface area contributed by atoms with Crippen molar-refractivity contribution in [2.45, 2.75) is 13.2 Å². The van der Waals surface area contributed by atoms with Gasteiger partial charge in [0.15, 0.2) is 0 Å². The lowest BCUT2D eigenvalue weighted by atomic mass is 10.1. The summed E-state index contributed by atoms with van der Waals surface area (Å²) in [5.41, 5.74) is 1.82. The second-order valence-corrected chi connectivity index (χ2v) is 6.47. The number of halogens is 2. The van der Waals surface area contributed by atoms with Crippen LogP contribution in [0.5, 0.6) is 0 Å². The number of carbonyl (C=O) groups is 3. The molecule has 3 amide bonds. The summed E-state index contributed by atoms with van der Waals surface area (Å²) in [5, 5.41) is 3.28. The highest BCUT2D eigenvalue weighted by Crippen LogP contribution is 2.23. The number of imide groups is 1. The predicted octanol–water partition coefficient (Wildman–Crippen LogP) is 3.40. The Bertz CT molecular complexity index is 852. The van der Waals surface area contributed by atoms with Crippen LogP contribution < -0.4 is 5.32 Å². The van der Waals surface area contributed by atoms with Gasteiger partial charge in [0.2, 0.25) is 5.91 Å². The topological polar surface area (TPSA) is 75.7 Å². The van der Waals surface area contributed by atoms with Crippen LogP contribution in [0.4, 0.5) is 4.79 Å². The first kappa shape index (κ1) is 18.2. The highest BCUT2D eigenvalue weighted by atomic mass is 35.5. The molecule has 0 spiro atoms. The van der Waals surface area contributed by atoms with Gasteiger partial charge < -0.3 is 10.1 Å². The normalized spacial score (nSPS) is 13.7. The van der Waals surface area contributed by atoms with E-state index in [9.17, 15) is 14.4 Å². The molecular formula is C18H14Cl2N2O4. The summed E-state index contributed by atoms with van der Waals surface area (Å²) in [6.07, 6.45) is 0. The van der Waals surface area contributed by atoms with Crippen molar-refractivity contribution in [3.8, 4) is 0 Å². The predicted molar refractivity (Wildman–Crippen MR) is 96.0 cm³/mol. The van der Waals surface area contributed by atoms with E-state index in [-0.39, 0.29) is 25.6 Å². The number of hydrogen-bond donors (Lipinski definition) is 1. The van der Waals surface area contributed by atoms with Crippen molar-refractivity contribution in [2.24, 2.45) is 0 Å². The Balaban J connectivity index is 1.59. The van der Waals surface area contributed by atoms with Crippen LogP contribution in [-0.2, 0) is 22.7 Å². The molecule has 0 bridgehead atoms. The third kappa shape index (κ3) is 4.15. The minimum Gasteiger partial charge on any atom is -0.457 e. The number of amides is 3. The average molecular weight is 393 g/mol. The first-order chi connectivity index (χ1) is 12.4. The van der Waals surface area contributed by atoms with Crippen LogP contribution in [0.3, 0.4) is 0 Å². The molecule has 26 heavy (non-hydrogen) atoms. The number of hydrogen-bond acceptors (Lipinski definition) is 4. The minimum atomic E-state index is -0.488. The zero-order valence-electron chi connectivity index (χ0n) is 13.5. The summed E-state index contributed by atoms with van der Waals surface area (Å²) >= 11 is 11.8. The van der Waals surface area contributed by atoms with Crippen LogP contribution >= 0.6 is 23.2 Å². The number of esters is 1. The molecule has 0 aliphatic carbocycles. The Morgan fingerprint density at radius 3 is 2.35 bits per heavy atom. The molecule has 1 heterocycles. The van der Waals surface area contributed by atoms with Crippen molar-refractivity contribution >= 4 is 41.1 Å². The third-order valence-electron chi connectivity index (χ3n) is 3.82. The molecular weight excluding hydrogens is 379 g/mol. The molecule has 1 fully saturated rings. The van der Waals surface area contributed by atoms with E-state index < -0.39 is 12.0 Å². The van der Waals surface area contributed by atoms with Crippen LogP contribution in [-0.4, -0.2) is 29.4 Å². The van der Waals surface area contributed by atoms with Gasteiger partial charge in [0.1, 0.15) is 6.61 Å². The Hall–Kier alpha value is -2.57. The van der Waals surface area contributed by atoms with E-state index in [1.807, 2.05) is 0 Å². The van der Waals surface area contributed by atoms with Crippen LogP contribution in [0.15, 0.2) is 42.5 Å². The quantitative estimate of drug-likeness (QED) is 0.624. The number of nitrogens with one attached hydrogen (secondary N) is 1. The molecule has 1 aliphatic rings. The van der Waals surface area contributed by atoms with Crippen molar-refractivity contribution in [1.82, 2.24) is 10.2 Å². The van der Waals surface area contributed by atoms with Gasteiger partial charge in [0.25, 0.3) is 0 Å². The lowest BCUT2D eigenvalue weighted by molar-refractivity contribution is -0.125. The Morgan fingerprint density at radius 2 is 1.73 bits per heavy atom. The van der Waals surface area contributed by atoms with Gasteiger partial charge >= 0.3 is 12.0 Å². The van der Waals surface area contributed by atoms with Gasteiger partial charge in [-0.15, -0.1) is 0 Å². The maximum absolute atomic E-state index is 12.1. The van der Waals surface area contributed by atoms with E-state index in [1.165, 1.54) is 0 Å². The number of urea groups is 1. The highest BCUT2D eigenvalue weighted by Gasteiger charge is 2.28. The standard InChI is InChI=1S/C18H14Cl2N2O4/c19-14-6-3-12(7-15(14)20)10-26-17(24)13-4-1-11(2-5-13)9-22-16(23)8-21-18(22)25/h1-7H,8-10H2,(H,21,25). The van der Waals surface area contributed by atoms with E-state index in [2.05, 4.69) is 5.32 Å². The van der Waals surface area contributed by atoms with Gasteiger partial charge in [-0.25, -0.2) is 9.59 Å². The number of benzene rings is 2. The molecule has 0 radical (unpaired) electrons. The Morgan fingerprint density at radius 1 is 1.04 bits per heavy atom. The molecule has 2 aromatic carbocycles. The van der Waals surface area contributed by atoms with E-state index in [0.29, 0.717) is 15.6 Å². The van der Waals surface area contributed by atoms with Crippen LogP contribution in [0, 0.1) is 0 Å². The van der Waals surface area contributed by atoms with Gasteiger partial charge in [-0.2, -0.15) is 0 Å². The number of carbonyl (C=O) groups excluding carboxylic acids is 3. The Kier molecular flexibility index (Phi) is 5.44. The lowest BCUT2D eigenvalue weighted by Crippen LogP contribution is -2.30. The summed E-state index contributed by atoms with van der Waals surface area (Å²) in [7, 11) is 0. The van der Waals surface area contributed by atoms with Crippen molar-refractivity contribution in [2.75, 3.05) is 6.54 Å². The maximum Gasteiger partial charge on any atom is 0.338 e. The first-order valence-electron chi connectivity index (χ1n) is 7.72. The maximum atomic E-state index is 12.1. The average Bonchev–Trinajstić information content (AvgIpc) is 2.95. The number of rotatable bonds is 5. The zero-order chi connectivity index (χ0) is 18.7. The molecule has 2 aromatic rings. The van der Waals surface area contributed by atoms with Crippen molar-refractivity contribution in [1.29, 1.82) is 0 Å². The Labute approximate surface area is 159 Å². The highest BCUT2D eigenvalue weighted by molar-refractivity contribution is 6.42. The number of ether oxygens (including phenoxy) is 1. The van der Waals surface area contributed by atoms with Gasteiger partial charge in [-0.1, -0.05) is 41.4 Å². The minimum absolute atomic E-state index is 0.0119. The van der Waals surface area contributed by atoms with Gasteiger partial charge in [0, 0.05) is 0 Å². The molecule has 0 aromatic heterocycles. The second-order valence-electron chi connectivity index (χ2n) is 5.66. The third-order valence-corrected chi connectivity index (χ3v) is 4.56. The van der Waals surface area contributed by atoms with Gasteiger partial charge in [-0.3, -0.25) is 9.69 Å². The van der Waals surface area contributed by atoms with Gasteiger partial charge in [0.05, 0.1) is 28.7 Å². The summed E-state index contributed by atoms with van der Waals surface area (Å²) in [6.45, 7) is 0.237. The van der Waals surface area contributed by atoms with Crippen molar-refractivity contribution in [3.05, 3.63) is 69.2 Å². The fourth-order valence-corrected chi connectivity index (χ4v) is 2.73. The fraction of sp³-hybridized carbons (Fsp3) is 0.167. The van der Waals surface area contributed by atoms with E-state index in [1.54, 1.807) is 42.5 Å². The monoisotopic (exact) mass is 392 g/mol. The van der Waals surface area contributed by atoms with E-state index in [4.69, 9.17) is 27.9 Å². The zero-order valence-corrected chi connectivity index (χ0v) is 15.0. The molecule has 0 atom stereocenters. The van der Waals surface area contributed by atoms with Crippen molar-refractivity contribution < 1.29 is 19.1 Å². The molecule has 8 heteroatoms.